The van der Waals surface area contributed by atoms with Gasteiger partial charge in [-0.3, -0.25) is 9.78 Å². The first-order valence-corrected chi connectivity index (χ1v) is 11.2. The number of thiazole rings is 1. The van der Waals surface area contributed by atoms with Crippen molar-refractivity contribution in [1.29, 1.82) is 0 Å². The minimum absolute atomic E-state index is 0.0744. The number of benzene rings is 1. The molecule has 0 spiro atoms. The van der Waals surface area contributed by atoms with Crippen LogP contribution in [0.15, 0.2) is 47.9 Å². The number of halogens is 1. The lowest BCUT2D eigenvalue weighted by atomic mass is 10.1. The monoisotopic (exact) mass is 442 g/mol. The number of rotatable bonds is 9. The molecule has 10 heteroatoms. The van der Waals surface area contributed by atoms with Gasteiger partial charge in [-0.05, 0) is 36.2 Å². The summed E-state index contributed by atoms with van der Waals surface area (Å²) < 4.78 is 15.5. The number of pyridine rings is 1. The summed E-state index contributed by atoms with van der Waals surface area (Å²) in [6.07, 6.45) is 5.85. The quantitative estimate of drug-likeness (QED) is 0.314. The van der Waals surface area contributed by atoms with Crippen LogP contribution in [0.2, 0.25) is 0 Å². The number of carbonyl (C=O) groups is 1. The van der Waals surface area contributed by atoms with E-state index in [1.807, 2.05) is 18.3 Å². The Hall–Kier alpha value is -2.85. The van der Waals surface area contributed by atoms with Gasteiger partial charge in [-0.2, -0.15) is 0 Å². The van der Waals surface area contributed by atoms with Crippen LogP contribution in [0.1, 0.15) is 22.8 Å². The molecule has 0 aliphatic carbocycles. The molecule has 0 bridgehead atoms. The van der Waals surface area contributed by atoms with Gasteiger partial charge in [0.1, 0.15) is 11.6 Å². The highest BCUT2D eigenvalue weighted by Gasteiger charge is 2.13. The molecule has 0 saturated carbocycles. The average molecular weight is 443 g/mol. The third-order valence-corrected chi connectivity index (χ3v) is 6.55. The van der Waals surface area contributed by atoms with E-state index in [1.165, 1.54) is 39.9 Å². The Morgan fingerprint density at radius 1 is 1.20 bits per heavy atom. The van der Waals surface area contributed by atoms with Crippen LogP contribution in [0, 0.1) is 5.82 Å². The average Bonchev–Trinajstić information content (AvgIpc) is 3.32. The maximum Gasteiger partial charge on any atom is 0.210 e. The predicted octanol–water partition coefficient (Wildman–Crippen LogP) is 3.21. The number of hydrogen-bond acceptors (Lipinski definition) is 8. The molecule has 1 aromatic carbocycles. The van der Waals surface area contributed by atoms with Gasteiger partial charge >= 0.3 is 0 Å². The zero-order valence-corrected chi connectivity index (χ0v) is 17.6. The first-order valence-electron chi connectivity index (χ1n) is 9.36. The van der Waals surface area contributed by atoms with Gasteiger partial charge in [-0.1, -0.05) is 17.8 Å². The number of Topliss-reactive ketones (excluding diaryl/α,β-unsaturated/α-hetero) is 1. The number of aromatic nitrogens is 5. The maximum atomic E-state index is 13.3. The fraction of sp³-hybridized carbons (Fsp3) is 0.250. The van der Waals surface area contributed by atoms with Gasteiger partial charge in [-0.25, -0.2) is 14.1 Å². The molecule has 0 unspecified atom stereocenters. The summed E-state index contributed by atoms with van der Waals surface area (Å²) >= 11 is 2.69. The smallest absolute Gasteiger partial charge is 0.210 e. The summed E-state index contributed by atoms with van der Waals surface area (Å²) in [5.74, 6) is 6.80. The van der Waals surface area contributed by atoms with Gasteiger partial charge in [0.15, 0.2) is 5.82 Å². The molecule has 3 aromatic heterocycles. The predicted molar refractivity (Wildman–Crippen MR) is 115 cm³/mol. The molecule has 7 nitrogen and oxygen atoms in total. The van der Waals surface area contributed by atoms with Crippen molar-refractivity contribution in [3.05, 3.63) is 64.9 Å². The van der Waals surface area contributed by atoms with Crippen molar-refractivity contribution in [2.75, 3.05) is 11.6 Å². The van der Waals surface area contributed by atoms with Crippen LogP contribution in [-0.4, -0.2) is 36.4 Å². The SMILES string of the molecule is Nn1c(CCc2cccnc2)nnc1SCC(=O)CCc1nc2ccc(F)cc2s1. The van der Waals surface area contributed by atoms with E-state index in [9.17, 15) is 9.18 Å². The Labute approximate surface area is 180 Å². The van der Waals surface area contributed by atoms with E-state index in [4.69, 9.17) is 5.84 Å². The molecule has 4 aromatic rings. The number of thioether (sulfide) groups is 1. The lowest BCUT2D eigenvalue weighted by Crippen LogP contribution is -2.15. The molecule has 3 heterocycles. The normalized spacial score (nSPS) is 11.2. The van der Waals surface area contributed by atoms with Crippen LogP contribution >= 0.6 is 23.1 Å². The summed E-state index contributed by atoms with van der Waals surface area (Å²) in [4.78, 5) is 20.8. The van der Waals surface area contributed by atoms with Crippen molar-refractivity contribution in [3.63, 3.8) is 0 Å². The number of fused-ring (bicyclic) bond motifs is 1. The minimum Gasteiger partial charge on any atom is -0.336 e. The standard InChI is InChI=1S/C20H19FN6OS2/c21-14-4-6-16-17(10-14)30-19(24-16)8-5-15(28)12-29-20-26-25-18(27(20)22)7-3-13-2-1-9-23-11-13/h1-2,4,6,9-11H,3,5,7-8,12,22H2. The Bertz CT molecular complexity index is 1160. The Balaban J connectivity index is 1.26. The van der Waals surface area contributed by atoms with Crippen molar-refractivity contribution >= 4 is 39.1 Å². The van der Waals surface area contributed by atoms with Crippen molar-refractivity contribution < 1.29 is 9.18 Å². The highest BCUT2D eigenvalue weighted by Crippen LogP contribution is 2.24. The van der Waals surface area contributed by atoms with Crippen molar-refractivity contribution in [1.82, 2.24) is 24.8 Å². The van der Waals surface area contributed by atoms with Crippen LogP contribution in [0.4, 0.5) is 4.39 Å². The molecule has 0 fully saturated rings. The van der Waals surface area contributed by atoms with E-state index < -0.39 is 0 Å². The van der Waals surface area contributed by atoms with Crippen molar-refractivity contribution in [3.8, 4) is 0 Å². The molecular formula is C20H19FN6OS2. The second-order valence-electron chi connectivity index (χ2n) is 6.68. The molecule has 0 amide bonds. The van der Waals surface area contributed by atoms with E-state index in [2.05, 4.69) is 20.2 Å². The van der Waals surface area contributed by atoms with Crippen molar-refractivity contribution in [2.45, 2.75) is 30.8 Å². The topological polar surface area (TPSA) is 99.6 Å². The molecule has 0 atom stereocenters. The molecule has 0 aliphatic rings. The van der Waals surface area contributed by atoms with Crippen LogP contribution in [-0.2, 0) is 24.1 Å². The lowest BCUT2D eigenvalue weighted by Gasteiger charge is -2.03. The molecule has 4 rings (SSSR count). The van der Waals surface area contributed by atoms with E-state index in [0.717, 1.165) is 27.2 Å². The minimum atomic E-state index is -0.282. The van der Waals surface area contributed by atoms with Gasteiger partial charge in [0.2, 0.25) is 5.16 Å². The molecule has 30 heavy (non-hydrogen) atoms. The van der Waals surface area contributed by atoms with Gasteiger partial charge in [0, 0.05) is 31.7 Å². The summed E-state index contributed by atoms with van der Waals surface area (Å²) in [5.41, 5.74) is 1.86. The fourth-order valence-electron chi connectivity index (χ4n) is 2.89. The highest BCUT2D eigenvalue weighted by atomic mass is 32.2. The first kappa shape index (κ1) is 20.4. The third kappa shape index (κ3) is 5.00. The van der Waals surface area contributed by atoms with Gasteiger partial charge in [0.05, 0.1) is 21.0 Å². The number of nitrogens with two attached hydrogens (primary N) is 1. The van der Waals surface area contributed by atoms with Crippen LogP contribution in [0.25, 0.3) is 10.2 Å². The van der Waals surface area contributed by atoms with E-state index >= 15 is 0 Å². The Kier molecular flexibility index (Phi) is 6.34. The van der Waals surface area contributed by atoms with Gasteiger partial charge in [0.25, 0.3) is 0 Å². The molecule has 0 radical (unpaired) electrons. The number of nitrogen functional groups attached to an aromatic ring is 1. The Morgan fingerprint density at radius 3 is 2.93 bits per heavy atom. The summed E-state index contributed by atoms with van der Waals surface area (Å²) in [5, 5.41) is 9.56. The fourth-order valence-corrected chi connectivity index (χ4v) is 4.66. The first-order chi connectivity index (χ1) is 14.6. The number of carbonyl (C=O) groups excluding carboxylic acids is 1. The van der Waals surface area contributed by atoms with E-state index in [1.54, 1.807) is 12.3 Å². The number of ketones is 1. The second-order valence-corrected chi connectivity index (χ2v) is 8.73. The van der Waals surface area contributed by atoms with Crippen molar-refractivity contribution in [2.24, 2.45) is 0 Å². The highest BCUT2D eigenvalue weighted by molar-refractivity contribution is 7.99. The largest absolute Gasteiger partial charge is 0.336 e. The zero-order chi connectivity index (χ0) is 20.9. The number of hydrogen-bond donors (Lipinski definition) is 1. The summed E-state index contributed by atoms with van der Waals surface area (Å²) in [6.45, 7) is 0. The van der Waals surface area contributed by atoms with Crippen LogP contribution in [0.3, 0.4) is 0 Å². The molecule has 154 valence electrons. The van der Waals surface area contributed by atoms with E-state index in [-0.39, 0.29) is 17.4 Å². The summed E-state index contributed by atoms with van der Waals surface area (Å²) in [7, 11) is 0. The van der Waals surface area contributed by atoms with Crippen LogP contribution < -0.4 is 5.84 Å². The zero-order valence-electron chi connectivity index (χ0n) is 16.0. The van der Waals surface area contributed by atoms with Crippen LogP contribution in [0.5, 0.6) is 0 Å². The maximum absolute atomic E-state index is 13.3. The summed E-state index contributed by atoms with van der Waals surface area (Å²) in [6, 6.07) is 8.40. The number of nitrogens with zero attached hydrogens (tertiary/aromatic N) is 5. The Morgan fingerprint density at radius 2 is 2.10 bits per heavy atom. The second kappa shape index (κ2) is 9.31. The molecular weight excluding hydrogens is 423 g/mol. The van der Waals surface area contributed by atoms with Gasteiger partial charge in [-0.15, -0.1) is 21.5 Å². The third-order valence-electron chi connectivity index (χ3n) is 4.47. The number of aryl methyl sites for hydroxylation is 3. The van der Waals surface area contributed by atoms with E-state index in [0.29, 0.717) is 30.2 Å². The molecule has 0 saturated heterocycles. The molecule has 2 N–H and O–H groups in total. The van der Waals surface area contributed by atoms with Gasteiger partial charge < -0.3 is 5.84 Å². The molecule has 0 aliphatic heterocycles. The lowest BCUT2D eigenvalue weighted by molar-refractivity contribution is -0.116.